The summed E-state index contributed by atoms with van der Waals surface area (Å²) in [6, 6.07) is 5.59. The van der Waals surface area contributed by atoms with Crippen molar-refractivity contribution in [3.8, 4) is 6.07 Å². The van der Waals surface area contributed by atoms with Gasteiger partial charge >= 0.3 is 0 Å². The van der Waals surface area contributed by atoms with Gasteiger partial charge in [-0.2, -0.15) is 5.26 Å². The second kappa shape index (κ2) is 3.07. The molecule has 0 saturated carbocycles. The number of nitriles is 1. The quantitative estimate of drug-likeness (QED) is 0.531. The molecule has 1 aromatic rings. The van der Waals surface area contributed by atoms with E-state index in [4.69, 9.17) is 11.8 Å². The van der Waals surface area contributed by atoms with Crippen LogP contribution in [-0.4, -0.2) is 0 Å². The first-order valence-corrected chi connectivity index (χ1v) is 3.58. The van der Waals surface area contributed by atoms with E-state index < -0.39 is 0 Å². The second-order valence-corrected chi connectivity index (χ2v) is 2.68. The Labute approximate surface area is 71.9 Å². The van der Waals surface area contributed by atoms with Gasteiger partial charge in [-0.15, -0.1) is 0 Å². The number of nitrogens with zero attached hydrogens (tertiary/aromatic N) is 2. The lowest BCUT2D eigenvalue weighted by Crippen LogP contribution is -1.83. The normalized spacial score (nSPS) is 8.67. The van der Waals surface area contributed by atoms with E-state index in [0.29, 0.717) is 11.3 Å². The molecule has 0 bridgehead atoms. The molecule has 0 radical (unpaired) electrons. The SMILES string of the molecule is [C-]#[N+]c1cc(C)c(C#N)cc1C. The molecule has 0 aromatic heterocycles. The molecule has 0 atom stereocenters. The zero-order chi connectivity index (χ0) is 9.14. The molecule has 2 heteroatoms. The van der Waals surface area contributed by atoms with Crippen LogP contribution in [0.15, 0.2) is 12.1 Å². The maximum Gasteiger partial charge on any atom is 0.190 e. The van der Waals surface area contributed by atoms with Crippen LogP contribution >= 0.6 is 0 Å². The van der Waals surface area contributed by atoms with E-state index in [9.17, 15) is 0 Å². The summed E-state index contributed by atoms with van der Waals surface area (Å²) in [5, 5.41) is 8.68. The highest BCUT2D eigenvalue weighted by Gasteiger charge is 2.02. The molecule has 0 N–H and O–H groups in total. The van der Waals surface area contributed by atoms with Crippen LogP contribution in [-0.2, 0) is 0 Å². The molecule has 0 aliphatic rings. The molecule has 58 valence electrons. The molecule has 12 heavy (non-hydrogen) atoms. The number of hydrogen-bond acceptors (Lipinski definition) is 1. The highest BCUT2D eigenvalue weighted by atomic mass is 14.6. The van der Waals surface area contributed by atoms with Gasteiger partial charge in [-0.05, 0) is 25.0 Å². The molecule has 0 aliphatic heterocycles. The van der Waals surface area contributed by atoms with Gasteiger partial charge in [0.05, 0.1) is 18.2 Å². The van der Waals surface area contributed by atoms with Crippen molar-refractivity contribution in [2.75, 3.05) is 0 Å². The van der Waals surface area contributed by atoms with Crippen LogP contribution in [0, 0.1) is 31.8 Å². The summed E-state index contributed by atoms with van der Waals surface area (Å²) in [4.78, 5) is 3.35. The molecule has 0 amide bonds. The van der Waals surface area contributed by atoms with E-state index >= 15 is 0 Å². The first-order valence-electron chi connectivity index (χ1n) is 3.58. The summed E-state index contributed by atoms with van der Waals surface area (Å²) in [7, 11) is 0. The first kappa shape index (κ1) is 8.30. The molecule has 1 rings (SSSR count). The predicted molar refractivity (Wildman–Crippen MR) is 46.9 cm³/mol. The molecule has 0 unspecified atom stereocenters. The number of benzene rings is 1. The van der Waals surface area contributed by atoms with Crippen LogP contribution in [0.25, 0.3) is 4.85 Å². The van der Waals surface area contributed by atoms with Gasteiger partial charge in [0.15, 0.2) is 5.69 Å². The van der Waals surface area contributed by atoms with Gasteiger partial charge in [0, 0.05) is 0 Å². The Morgan fingerprint density at radius 1 is 1.33 bits per heavy atom. The average Bonchev–Trinajstić information content (AvgIpc) is 2.08. The maximum absolute atomic E-state index is 8.68. The van der Waals surface area contributed by atoms with Crippen LogP contribution in [0.4, 0.5) is 5.69 Å². The van der Waals surface area contributed by atoms with Crippen molar-refractivity contribution >= 4 is 5.69 Å². The topological polar surface area (TPSA) is 28.1 Å². The Balaban J connectivity index is 3.41. The van der Waals surface area contributed by atoms with Gasteiger partial charge in [0.25, 0.3) is 0 Å². The third-order valence-corrected chi connectivity index (χ3v) is 1.78. The van der Waals surface area contributed by atoms with Crippen LogP contribution in [0.1, 0.15) is 16.7 Å². The minimum Gasteiger partial charge on any atom is -0.238 e. The Hall–Kier alpha value is -1.80. The van der Waals surface area contributed by atoms with Crippen molar-refractivity contribution in [1.82, 2.24) is 0 Å². The van der Waals surface area contributed by atoms with E-state index in [-0.39, 0.29) is 0 Å². The van der Waals surface area contributed by atoms with Gasteiger partial charge < -0.3 is 0 Å². The van der Waals surface area contributed by atoms with E-state index in [2.05, 4.69) is 10.9 Å². The molecular weight excluding hydrogens is 148 g/mol. The van der Waals surface area contributed by atoms with Gasteiger partial charge in [0.1, 0.15) is 0 Å². The lowest BCUT2D eigenvalue weighted by Gasteiger charge is -2.00. The first-order chi connectivity index (χ1) is 5.69. The number of rotatable bonds is 0. The van der Waals surface area contributed by atoms with E-state index in [1.165, 1.54) is 0 Å². The number of hydrogen-bond donors (Lipinski definition) is 0. The lowest BCUT2D eigenvalue weighted by atomic mass is 10.1. The monoisotopic (exact) mass is 156 g/mol. The van der Waals surface area contributed by atoms with Crippen molar-refractivity contribution in [3.05, 3.63) is 40.2 Å². The molecule has 0 aliphatic carbocycles. The highest BCUT2D eigenvalue weighted by Crippen LogP contribution is 2.22. The molecule has 1 aromatic carbocycles. The fourth-order valence-electron chi connectivity index (χ4n) is 1.04. The Morgan fingerprint density at radius 3 is 2.50 bits per heavy atom. The second-order valence-electron chi connectivity index (χ2n) is 2.68. The van der Waals surface area contributed by atoms with Gasteiger partial charge in [0.2, 0.25) is 0 Å². The summed E-state index contributed by atoms with van der Waals surface area (Å²) in [5.74, 6) is 0. The Bertz CT molecular complexity index is 352. The summed E-state index contributed by atoms with van der Waals surface area (Å²) in [6.07, 6.45) is 0. The molecule has 0 spiro atoms. The van der Waals surface area contributed by atoms with Crippen molar-refractivity contribution in [1.29, 1.82) is 5.26 Å². The highest BCUT2D eigenvalue weighted by molar-refractivity contribution is 5.58. The minimum atomic E-state index is 0.631. The van der Waals surface area contributed by atoms with Crippen molar-refractivity contribution in [2.45, 2.75) is 13.8 Å². The van der Waals surface area contributed by atoms with Gasteiger partial charge in [-0.3, -0.25) is 0 Å². The molecule has 0 saturated heterocycles. The minimum absolute atomic E-state index is 0.631. The van der Waals surface area contributed by atoms with Crippen LogP contribution in [0.2, 0.25) is 0 Å². The molecule has 0 heterocycles. The van der Waals surface area contributed by atoms with Crippen LogP contribution < -0.4 is 0 Å². The third-order valence-electron chi connectivity index (χ3n) is 1.78. The van der Waals surface area contributed by atoms with Crippen LogP contribution in [0.3, 0.4) is 0 Å². The summed E-state index contributed by atoms with van der Waals surface area (Å²) in [5.41, 5.74) is 3.02. The largest absolute Gasteiger partial charge is 0.238 e. The zero-order valence-corrected chi connectivity index (χ0v) is 7.05. The summed E-state index contributed by atoms with van der Waals surface area (Å²) in [6.45, 7) is 10.5. The zero-order valence-electron chi connectivity index (χ0n) is 7.05. The Morgan fingerprint density at radius 2 is 2.00 bits per heavy atom. The van der Waals surface area contributed by atoms with Crippen molar-refractivity contribution in [3.63, 3.8) is 0 Å². The average molecular weight is 156 g/mol. The number of aryl methyl sites for hydroxylation is 2. The summed E-state index contributed by atoms with van der Waals surface area (Å²) < 4.78 is 0. The molecule has 2 nitrogen and oxygen atoms in total. The summed E-state index contributed by atoms with van der Waals surface area (Å²) >= 11 is 0. The maximum atomic E-state index is 8.68. The third kappa shape index (κ3) is 1.28. The Kier molecular flexibility index (Phi) is 2.12. The fourth-order valence-corrected chi connectivity index (χ4v) is 1.04. The van der Waals surface area contributed by atoms with Crippen molar-refractivity contribution in [2.24, 2.45) is 0 Å². The van der Waals surface area contributed by atoms with E-state index in [1.807, 2.05) is 13.8 Å². The van der Waals surface area contributed by atoms with E-state index in [1.54, 1.807) is 12.1 Å². The fraction of sp³-hybridized carbons (Fsp3) is 0.200. The lowest BCUT2D eigenvalue weighted by molar-refractivity contribution is 1.36. The smallest absolute Gasteiger partial charge is 0.190 e. The molecule has 0 fully saturated rings. The van der Waals surface area contributed by atoms with Crippen LogP contribution in [0.5, 0.6) is 0 Å². The van der Waals surface area contributed by atoms with Gasteiger partial charge in [-0.25, -0.2) is 4.85 Å². The van der Waals surface area contributed by atoms with Crippen molar-refractivity contribution < 1.29 is 0 Å². The molecular formula is C10H8N2. The predicted octanol–water partition coefficient (Wildman–Crippen LogP) is 2.73. The van der Waals surface area contributed by atoms with E-state index in [0.717, 1.165) is 11.1 Å². The standard InChI is InChI=1S/C10H8N2/c1-7-5-10(12-3)8(2)4-9(7)6-11/h4-5H,1-2H3. The van der Waals surface area contributed by atoms with Gasteiger partial charge in [-0.1, -0.05) is 12.1 Å².